The number of ether oxygens (including phenoxy) is 1. The van der Waals surface area contributed by atoms with Gasteiger partial charge in [0.05, 0.1) is 17.0 Å². The molecule has 27 heavy (non-hydrogen) atoms. The standard InChI is InChI=1S/C20H25NO5S/c1-5-27(24,25)21(14(2)3)18-11-6-15(4)12-19(18)26-13-16-7-9-17(10-8-16)20(22)23/h6-12,14H,5,13H2,1-4H3,(H,22,23). The first-order valence-corrected chi connectivity index (χ1v) is 10.3. The Hall–Kier alpha value is -2.54. The quantitative estimate of drug-likeness (QED) is 0.739. The van der Waals surface area contributed by atoms with Crippen LogP contribution in [0.25, 0.3) is 0 Å². The summed E-state index contributed by atoms with van der Waals surface area (Å²) in [6.07, 6.45) is 0. The molecule has 0 amide bonds. The summed E-state index contributed by atoms with van der Waals surface area (Å²) < 4.78 is 32.4. The van der Waals surface area contributed by atoms with Gasteiger partial charge in [-0.25, -0.2) is 13.2 Å². The second-order valence-corrected chi connectivity index (χ2v) is 8.69. The van der Waals surface area contributed by atoms with Crippen molar-refractivity contribution in [1.82, 2.24) is 0 Å². The Kier molecular flexibility index (Phi) is 6.49. The number of carboxylic acid groups (broad SMARTS) is 1. The van der Waals surface area contributed by atoms with Crippen molar-refractivity contribution in [2.75, 3.05) is 10.1 Å². The zero-order chi connectivity index (χ0) is 20.2. The van der Waals surface area contributed by atoms with Gasteiger partial charge in [0.2, 0.25) is 10.0 Å². The number of anilines is 1. The van der Waals surface area contributed by atoms with Gasteiger partial charge in [-0.2, -0.15) is 0 Å². The van der Waals surface area contributed by atoms with E-state index in [9.17, 15) is 13.2 Å². The molecule has 0 aromatic heterocycles. The number of sulfonamides is 1. The Bertz CT molecular complexity index is 904. The molecule has 0 aliphatic heterocycles. The van der Waals surface area contributed by atoms with Gasteiger partial charge >= 0.3 is 5.97 Å². The SMILES string of the molecule is CCS(=O)(=O)N(c1ccc(C)cc1OCc1ccc(C(=O)O)cc1)C(C)C. The number of hydrogen-bond acceptors (Lipinski definition) is 4. The normalized spacial score (nSPS) is 11.4. The maximum Gasteiger partial charge on any atom is 0.335 e. The largest absolute Gasteiger partial charge is 0.487 e. The van der Waals surface area contributed by atoms with Crippen molar-refractivity contribution in [2.45, 2.75) is 40.3 Å². The highest BCUT2D eigenvalue weighted by Crippen LogP contribution is 2.33. The topological polar surface area (TPSA) is 83.9 Å². The van der Waals surface area contributed by atoms with Crippen molar-refractivity contribution in [2.24, 2.45) is 0 Å². The lowest BCUT2D eigenvalue weighted by atomic mass is 10.1. The van der Waals surface area contributed by atoms with Crippen molar-refractivity contribution in [3.05, 3.63) is 59.2 Å². The second-order valence-electron chi connectivity index (χ2n) is 6.55. The maximum atomic E-state index is 12.6. The molecule has 0 radical (unpaired) electrons. The van der Waals surface area contributed by atoms with Crippen LogP contribution >= 0.6 is 0 Å². The van der Waals surface area contributed by atoms with Crippen LogP contribution in [0.15, 0.2) is 42.5 Å². The van der Waals surface area contributed by atoms with Gasteiger partial charge in [-0.15, -0.1) is 0 Å². The van der Waals surface area contributed by atoms with Gasteiger partial charge in [0, 0.05) is 6.04 Å². The van der Waals surface area contributed by atoms with Crippen LogP contribution in [0.5, 0.6) is 5.75 Å². The Morgan fingerprint density at radius 3 is 2.30 bits per heavy atom. The number of nitrogens with zero attached hydrogens (tertiary/aromatic N) is 1. The van der Waals surface area contributed by atoms with Gasteiger partial charge in [0.15, 0.2) is 0 Å². The fourth-order valence-electron chi connectivity index (χ4n) is 2.71. The molecule has 0 heterocycles. The molecule has 0 aliphatic carbocycles. The van der Waals surface area contributed by atoms with Crippen molar-refractivity contribution >= 4 is 21.7 Å². The number of hydrogen-bond donors (Lipinski definition) is 1. The predicted octanol–water partition coefficient (Wildman–Crippen LogP) is 3.84. The van der Waals surface area contributed by atoms with Gasteiger partial charge < -0.3 is 9.84 Å². The molecule has 0 fully saturated rings. The summed E-state index contributed by atoms with van der Waals surface area (Å²) in [5.41, 5.74) is 2.45. The minimum absolute atomic E-state index is 0.00481. The summed E-state index contributed by atoms with van der Waals surface area (Å²) in [4.78, 5) is 10.9. The molecule has 0 spiro atoms. The van der Waals surface area contributed by atoms with E-state index in [2.05, 4.69) is 0 Å². The first-order valence-electron chi connectivity index (χ1n) is 8.73. The van der Waals surface area contributed by atoms with Crippen LogP contribution in [0.1, 0.15) is 42.3 Å². The molecule has 0 saturated carbocycles. The number of benzene rings is 2. The van der Waals surface area contributed by atoms with E-state index >= 15 is 0 Å². The van der Waals surface area contributed by atoms with Crippen LogP contribution < -0.4 is 9.04 Å². The lowest BCUT2D eigenvalue weighted by Crippen LogP contribution is -2.38. The molecule has 2 rings (SSSR count). The first-order chi connectivity index (χ1) is 12.7. The minimum Gasteiger partial charge on any atom is -0.487 e. The summed E-state index contributed by atoms with van der Waals surface area (Å²) in [6.45, 7) is 7.37. The number of aryl methyl sites for hydroxylation is 1. The van der Waals surface area contributed by atoms with Crippen molar-refractivity contribution in [3.63, 3.8) is 0 Å². The Balaban J connectivity index is 2.33. The molecule has 1 N–H and O–H groups in total. The van der Waals surface area contributed by atoms with Crippen molar-refractivity contribution < 1.29 is 23.1 Å². The van der Waals surface area contributed by atoms with Gasteiger partial charge in [0.25, 0.3) is 0 Å². The third-order valence-electron chi connectivity index (χ3n) is 4.08. The van der Waals surface area contributed by atoms with E-state index in [1.54, 1.807) is 25.1 Å². The Morgan fingerprint density at radius 2 is 1.78 bits per heavy atom. The number of carboxylic acids is 1. The molecule has 0 bridgehead atoms. The minimum atomic E-state index is -3.46. The highest BCUT2D eigenvalue weighted by Gasteiger charge is 2.26. The molecule has 0 atom stereocenters. The van der Waals surface area contributed by atoms with E-state index in [-0.39, 0.29) is 24.0 Å². The van der Waals surface area contributed by atoms with Crippen LogP contribution in [0.3, 0.4) is 0 Å². The van der Waals surface area contributed by atoms with Crippen LogP contribution in [0.2, 0.25) is 0 Å². The molecule has 0 unspecified atom stereocenters. The van der Waals surface area contributed by atoms with Gasteiger partial charge in [0.1, 0.15) is 12.4 Å². The fourth-order valence-corrected chi connectivity index (χ4v) is 4.08. The molecule has 2 aromatic carbocycles. The number of carbonyl (C=O) groups is 1. The van der Waals surface area contributed by atoms with Crippen LogP contribution in [0.4, 0.5) is 5.69 Å². The molecular formula is C20H25NO5S. The monoisotopic (exact) mass is 391 g/mol. The molecule has 146 valence electrons. The third kappa shape index (κ3) is 5.01. The fraction of sp³-hybridized carbons (Fsp3) is 0.350. The van der Waals surface area contributed by atoms with Crippen molar-refractivity contribution in [3.8, 4) is 5.75 Å². The highest BCUT2D eigenvalue weighted by atomic mass is 32.2. The first kappa shape index (κ1) is 20.8. The molecule has 7 heteroatoms. The van der Waals surface area contributed by atoms with E-state index in [0.717, 1.165) is 11.1 Å². The van der Waals surface area contributed by atoms with E-state index in [0.29, 0.717) is 11.4 Å². The molecule has 0 saturated heterocycles. The lowest BCUT2D eigenvalue weighted by Gasteiger charge is -2.29. The Morgan fingerprint density at radius 1 is 1.15 bits per heavy atom. The zero-order valence-electron chi connectivity index (χ0n) is 16.0. The summed E-state index contributed by atoms with van der Waals surface area (Å²) in [7, 11) is -3.46. The second kappa shape index (κ2) is 8.43. The highest BCUT2D eigenvalue weighted by molar-refractivity contribution is 7.92. The predicted molar refractivity (Wildman–Crippen MR) is 106 cm³/mol. The number of rotatable bonds is 8. The molecular weight excluding hydrogens is 366 g/mol. The molecule has 2 aromatic rings. The molecule has 6 nitrogen and oxygen atoms in total. The van der Waals surface area contributed by atoms with E-state index in [4.69, 9.17) is 9.84 Å². The lowest BCUT2D eigenvalue weighted by molar-refractivity contribution is 0.0697. The smallest absolute Gasteiger partial charge is 0.335 e. The summed E-state index contributed by atoms with van der Waals surface area (Å²) >= 11 is 0. The average Bonchev–Trinajstić information content (AvgIpc) is 2.61. The van der Waals surface area contributed by atoms with Crippen LogP contribution in [-0.4, -0.2) is 31.3 Å². The summed E-state index contributed by atoms with van der Waals surface area (Å²) in [6, 6.07) is 11.6. The maximum absolute atomic E-state index is 12.6. The zero-order valence-corrected chi connectivity index (χ0v) is 16.8. The van der Waals surface area contributed by atoms with E-state index in [1.807, 2.05) is 32.9 Å². The van der Waals surface area contributed by atoms with Gasteiger partial charge in [-0.3, -0.25) is 4.31 Å². The average molecular weight is 391 g/mol. The van der Waals surface area contributed by atoms with Crippen LogP contribution in [-0.2, 0) is 16.6 Å². The summed E-state index contributed by atoms with van der Waals surface area (Å²) in [5.74, 6) is -0.515. The number of aromatic carboxylic acids is 1. The summed E-state index contributed by atoms with van der Waals surface area (Å²) in [5, 5.41) is 8.97. The molecule has 0 aliphatic rings. The van der Waals surface area contributed by atoms with Crippen LogP contribution in [0, 0.1) is 6.92 Å². The van der Waals surface area contributed by atoms with E-state index < -0.39 is 16.0 Å². The Labute approximate surface area is 160 Å². The third-order valence-corrected chi connectivity index (χ3v) is 6.03. The van der Waals surface area contributed by atoms with E-state index in [1.165, 1.54) is 16.4 Å². The van der Waals surface area contributed by atoms with Crippen molar-refractivity contribution in [1.29, 1.82) is 0 Å². The van der Waals surface area contributed by atoms with Gasteiger partial charge in [-0.05, 0) is 63.1 Å². The van der Waals surface area contributed by atoms with Gasteiger partial charge in [-0.1, -0.05) is 18.2 Å².